The Morgan fingerprint density at radius 3 is 2.43 bits per heavy atom. The van der Waals surface area contributed by atoms with Crippen LogP contribution in [0.2, 0.25) is 0 Å². The molecule has 5 atom stereocenters. The minimum atomic E-state index is -0.977. The van der Waals surface area contributed by atoms with Crippen LogP contribution < -0.4 is 0 Å². The predicted octanol–water partition coefficient (Wildman–Crippen LogP) is 3.32. The van der Waals surface area contributed by atoms with Crippen molar-refractivity contribution >= 4 is 17.8 Å². The molecule has 154 valence electrons. The van der Waals surface area contributed by atoms with Crippen LogP contribution in [0.1, 0.15) is 65.7 Å². The normalized spacial score (nSPS) is 42.7. The number of carboxylic acids is 2. The van der Waals surface area contributed by atoms with Crippen LogP contribution in [-0.2, 0) is 14.4 Å². The Morgan fingerprint density at radius 2 is 1.79 bits per heavy atom. The third-order valence-corrected chi connectivity index (χ3v) is 8.85. The second kappa shape index (κ2) is 6.07. The van der Waals surface area contributed by atoms with Crippen molar-refractivity contribution in [1.29, 1.82) is 0 Å². The van der Waals surface area contributed by atoms with Crippen LogP contribution >= 0.6 is 0 Å². The van der Waals surface area contributed by atoms with Gasteiger partial charge in [0.15, 0.2) is 0 Å². The van der Waals surface area contributed by atoms with Gasteiger partial charge in [-0.25, -0.2) is 0 Å². The molecule has 3 aliphatic carbocycles. The fraction of sp³-hybridized carbons (Fsp3) is 0.773. The molecule has 1 amide bonds. The predicted molar refractivity (Wildman–Crippen MR) is 102 cm³/mol. The van der Waals surface area contributed by atoms with Crippen LogP contribution in [0.5, 0.6) is 0 Å². The molecule has 0 aromatic carbocycles. The second-order valence-electron chi connectivity index (χ2n) is 10.2. The lowest BCUT2D eigenvalue weighted by molar-refractivity contribution is -0.175. The van der Waals surface area contributed by atoms with E-state index in [1.165, 1.54) is 4.90 Å². The Morgan fingerprint density at radius 1 is 1.07 bits per heavy atom. The highest BCUT2D eigenvalue weighted by Gasteiger charge is 2.64. The zero-order valence-electron chi connectivity index (χ0n) is 17.1. The van der Waals surface area contributed by atoms with Gasteiger partial charge in [-0.2, -0.15) is 0 Å². The topological polar surface area (TPSA) is 94.9 Å². The summed E-state index contributed by atoms with van der Waals surface area (Å²) < 4.78 is 0. The Kier molecular flexibility index (Phi) is 4.22. The molecule has 0 radical (unpaired) electrons. The Bertz CT molecular complexity index is 788. The van der Waals surface area contributed by atoms with E-state index in [-0.39, 0.29) is 35.1 Å². The van der Waals surface area contributed by atoms with Crippen molar-refractivity contribution in [3.63, 3.8) is 0 Å². The quantitative estimate of drug-likeness (QED) is 0.772. The largest absolute Gasteiger partial charge is 0.481 e. The van der Waals surface area contributed by atoms with E-state index in [0.29, 0.717) is 6.54 Å². The molecule has 0 saturated heterocycles. The lowest BCUT2D eigenvalue weighted by Crippen LogP contribution is -2.59. The van der Waals surface area contributed by atoms with E-state index in [1.54, 1.807) is 0 Å². The lowest BCUT2D eigenvalue weighted by atomic mass is 9.40. The third kappa shape index (κ3) is 2.42. The number of hydrogen-bond donors (Lipinski definition) is 2. The van der Waals surface area contributed by atoms with Gasteiger partial charge in [0.2, 0.25) is 0 Å². The highest BCUT2D eigenvalue weighted by atomic mass is 16.4. The van der Waals surface area contributed by atoms with Crippen molar-refractivity contribution in [2.45, 2.75) is 65.7 Å². The van der Waals surface area contributed by atoms with Crippen LogP contribution in [0.4, 0.5) is 0 Å². The van der Waals surface area contributed by atoms with Gasteiger partial charge in [-0.3, -0.25) is 14.4 Å². The summed E-state index contributed by atoms with van der Waals surface area (Å²) in [4.78, 5) is 38.0. The summed E-state index contributed by atoms with van der Waals surface area (Å²) in [6, 6.07) is 0. The van der Waals surface area contributed by atoms with Crippen molar-refractivity contribution in [3.8, 4) is 0 Å². The molecule has 6 heteroatoms. The first kappa shape index (κ1) is 19.5. The molecular weight excluding hydrogens is 358 g/mol. The summed E-state index contributed by atoms with van der Waals surface area (Å²) >= 11 is 0. The highest BCUT2D eigenvalue weighted by Crippen LogP contribution is 2.68. The number of fused-ring (bicyclic) bond motifs is 4. The maximum absolute atomic E-state index is 13.1. The lowest BCUT2D eigenvalue weighted by Gasteiger charge is -2.63. The fourth-order valence-corrected chi connectivity index (χ4v) is 7.68. The Balaban J connectivity index is 1.71. The van der Waals surface area contributed by atoms with E-state index in [1.807, 2.05) is 6.92 Å². The number of carbonyl (C=O) groups excluding carboxylic acids is 1. The molecule has 2 fully saturated rings. The van der Waals surface area contributed by atoms with E-state index < -0.39 is 17.4 Å². The zero-order chi connectivity index (χ0) is 20.5. The maximum atomic E-state index is 13.1. The number of carboxylic acid groups (broad SMARTS) is 2. The van der Waals surface area contributed by atoms with E-state index >= 15 is 0 Å². The molecule has 6 nitrogen and oxygen atoms in total. The molecule has 0 aromatic heterocycles. The summed E-state index contributed by atoms with van der Waals surface area (Å²) in [5.41, 5.74) is 0.895. The van der Waals surface area contributed by atoms with Crippen molar-refractivity contribution in [3.05, 3.63) is 11.1 Å². The number of carbonyl (C=O) groups is 3. The van der Waals surface area contributed by atoms with Gasteiger partial charge in [0.05, 0.1) is 5.41 Å². The van der Waals surface area contributed by atoms with E-state index in [2.05, 4.69) is 13.8 Å². The zero-order valence-corrected chi connectivity index (χ0v) is 17.1. The monoisotopic (exact) mass is 389 g/mol. The van der Waals surface area contributed by atoms with Crippen molar-refractivity contribution in [2.75, 3.05) is 13.1 Å². The molecule has 0 bridgehead atoms. The Labute approximate surface area is 166 Å². The standard InChI is InChI=1S/C22H31NO5/c1-20-8-4-9-22(3,19(27)28)15(20)7-10-21(2)14(20)6-5-13-11-23(12-16(24)25)18(26)17(13)21/h14-15H,4-12H2,1-3H3,(H,24,25)(H,27,28)/t14-,15-,20-,21-,22+/m1/s1. The third-order valence-electron chi connectivity index (χ3n) is 8.85. The van der Waals surface area contributed by atoms with Gasteiger partial charge >= 0.3 is 11.9 Å². The molecule has 0 aromatic rings. The molecule has 28 heavy (non-hydrogen) atoms. The van der Waals surface area contributed by atoms with E-state index in [0.717, 1.165) is 56.1 Å². The molecule has 4 aliphatic rings. The van der Waals surface area contributed by atoms with Gasteiger partial charge in [0.1, 0.15) is 6.54 Å². The Hall–Kier alpha value is -1.85. The summed E-state index contributed by atoms with van der Waals surface area (Å²) in [6.07, 6.45) is 6.06. The molecule has 0 spiro atoms. The second-order valence-corrected chi connectivity index (χ2v) is 10.2. The molecule has 4 rings (SSSR count). The fourth-order valence-electron chi connectivity index (χ4n) is 7.68. The average molecular weight is 389 g/mol. The molecule has 0 unspecified atom stereocenters. The molecule has 2 N–H and O–H groups in total. The first-order valence-electron chi connectivity index (χ1n) is 10.5. The van der Waals surface area contributed by atoms with Crippen LogP contribution in [-0.4, -0.2) is 46.0 Å². The summed E-state index contributed by atoms with van der Waals surface area (Å²) in [7, 11) is 0. The van der Waals surface area contributed by atoms with Crippen LogP contribution in [0.25, 0.3) is 0 Å². The van der Waals surface area contributed by atoms with Crippen molar-refractivity contribution < 1.29 is 24.6 Å². The first-order valence-corrected chi connectivity index (χ1v) is 10.5. The van der Waals surface area contributed by atoms with Gasteiger partial charge in [-0.15, -0.1) is 0 Å². The molecular formula is C22H31NO5. The van der Waals surface area contributed by atoms with Crippen LogP contribution in [0.3, 0.4) is 0 Å². The molecule has 2 saturated carbocycles. The van der Waals surface area contributed by atoms with Gasteiger partial charge in [-0.1, -0.05) is 20.3 Å². The van der Waals surface area contributed by atoms with E-state index in [9.17, 15) is 19.5 Å². The molecule has 1 aliphatic heterocycles. The van der Waals surface area contributed by atoms with Gasteiger partial charge in [0, 0.05) is 17.5 Å². The highest BCUT2D eigenvalue weighted by molar-refractivity contribution is 6.00. The number of hydrogen-bond acceptors (Lipinski definition) is 3. The van der Waals surface area contributed by atoms with Gasteiger partial charge in [-0.05, 0) is 68.3 Å². The maximum Gasteiger partial charge on any atom is 0.323 e. The number of aliphatic carboxylic acids is 2. The minimum Gasteiger partial charge on any atom is -0.481 e. The van der Waals surface area contributed by atoms with E-state index in [4.69, 9.17) is 5.11 Å². The summed E-state index contributed by atoms with van der Waals surface area (Å²) in [5.74, 6) is -1.38. The first-order chi connectivity index (χ1) is 13.0. The van der Waals surface area contributed by atoms with Crippen molar-refractivity contribution in [2.24, 2.45) is 28.1 Å². The minimum absolute atomic E-state index is 0.0998. The summed E-state index contributed by atoms with van der Waals surface area (Å²) in [5, 5.41) is 19.2. The van der Waals surface area contributed by atoms with Crippen LogP contribution in [0.15, 0.2) is 11.1 Å². The average Bonchev–Trinajstić information content (AvgIpc) is 2.90. The number of rotatable bonds is 3. The smallest absolute Gasteiger partial charge is 0.323 e. The van der Waals surface area contributed by atoms with Crippen molar-refractivity contribution in [1.82, 2.24) is 4.90 Å². The SMILES string of the molecule is C[C@]12CCC[C@](C)(C(=O)O)[C@@H]1CC[C@@]1(C)C3=C(CC[C@H]21)CN(CC(=O)O)C3=O. The van der Waals surface area contributed by atoms with Gasteiger partial charge in [0.25, 0.3) is 5.91 Å². The van der Waals surface area contributed by atoms with Gasteiger partial charge < -0.3 is 15.1 Å². The van der Waals surface area contributed by atoms with Crippen LogP contribution in [0, 0.1) is 28.1 Å². The number of amides is 1. The number of nitrogens with zero attached hydrogens (tertiary/aromatic N) is 1. The molecule has 1 heterocycles. The summed E-state index contributed by atoms with van der Waals surface area (Å²) in [6.45, 7) is 6.56.